The van der Waals surface area contributed by atoms with Gasteiger partial charge in [-0.2, -0.15) is 0 Å². The third kappa shape index (κ3) is 6.89. The summed E-state index contributed by atoms with van der Waals surface area (Å²) in [4.78, 5) is 32.2. The number of ether oxygens (including phenoxy) is 2. The third-order valence-corrected chi connectivity index (χ3v) is 8.69. The first-order chi connectivity index (χ1) is 19.0. The fourth-order valence-electron chi connectivity index (χ4n) is 5.42. The van der Waals surface area contributed by atoms with Crippen molar-refractivity contribution in [2.75, 3.05) is 32.8 Å². The van der Waals surface area contributed by atoms with E-state index in [0.717, 1.165) is 36.1 Å². The molecule has 2 aliphatic heterocycles. The summed E-state index contributed by atoms with van der Waals surface area (Å²) in [6.07, 6.45) is 2.98. The molecule has 206 valence electrons. The zero-order valence-electron chi connectivity index (χ0n) is 22.9. The van der Waals surface area contributed by atoms with E-state index in [9.17, 15) is 9.59 Å². The Bertz CT molecular complexity index is 1230. The van der Waals surface area contributed by atoms with E-state index in [2.05, 4.69) is 37.4 Å². The van der Waals surface area contributed by atoms with E-state index in [-0.39, 0.29) is 36.9 Å². The Morgan fingerprint density at radius 1 is 1.10 bits per heavy atom. The van der Waals surface area contributed by atoms with Crippen molar-refractivity contribution in [3.8, 4) is 5.75 Å². The van der Waals surface area contributed by atoms with Gasteiger partial charge in [0.1, 0.15) is 12.4 Å². The Balaban J connectivity index is 1.30. The molecule has 2 aliphatic rings. The number of thiophene rings is 1. The molecule has 1 fully saturated rings. The lowest BCUT2D eigenvalue weighted by Gasteiger charge is -2.37. The van der Waals surface area contributed by atoms with Crippen molar-refractivity contribution in [1.29, 1.82) is 0 Å². The van der Waals surface area contributed by atoms with E-state index in [4.69, 9.17) is 9.47 Å². The molecule has 5 rings (SSSR count). The van der Waals surface area contributed by atoms with Gasteiger partial charge in [0.05, 0.1) is 25.1 Å². The Morgan fingerprint density at radius 2 is 1.90 bits per heavy atom. The molecule has 7 heteroatoms. The molecule has 0 spiro atoms. The van der Waals surface area contributed by atoms with E-state index in [0.29, 0.717) is 32.2 Å². The minimum atomic E-state index is -0.189. The minimum Gasteiger partial charge on any atom is -0.491 e. The summed E-state index contributed by atoms with van der Waals surface area (Å²) in [7, 11) is 0. The zero-order chi connectivity index (χ0) is 27.2. The highest BCUT2D eigenvalue weighted by Gasteiger charge is 2.34. The van der Waals surface area contributed by atoms with Crippen LogP contribution in [0.1, 0.15) is 60.2 Å². The molecular weight excluding hydrogens is 508 g/mol. The molecule has 0 unspecified atom stereocenters. The molecule has 3 aromatic rings. The topological polar surface area (TPSA) is 59.1 Å². The molecule has 2 amide bonds. The van der Waals surface area contributed by atoms with Gasteiger partial charge in [-0.15, -0.1) is 11.3 Å². The monoisotopic (exact) mass is 546 g/mol. The summed E-state index contributed by atoms with van der Waals surface area (Å²) in [6, 6.07) is 19.8. The number of fused-ring (bicyclic) bond motifs is 1. The van der Waals surface area contributed by atoms with Crippen molar-refractivity contribution in [3.63, 3.8) is 0 Å². The maximum atomic E-state index is 13.9. The van der Waals surface area contributed by atoms with Gasteiger partial charge in [0.2, 0.25) is 11.8 Å². The summed E-state index contributed by atoms with van der Waals surface area (Å²) in [5.41, 5.74) is 3.37. The number of rotatable bonds is 10. The second-order valence-corrected chi connectivity index (χ2v) is 11.8. The molecule has 1 aromatic heterocycles. The number of carbonyl (C=O) groups is 2. The molecule has 3 heterocycles. The number of hydrogen-bond acceptors (Lipinski definition) is 5. The van der Waals surface area contributed by atoms with Crippen LogP contribution in [0.25, 0.3) is 0 Å². The summed E-state index contributed by atoms with van der Waals surface area (Å²) in [6.45, 7) is 6.54. The standard InChI is InChI=1S/C32H38N2O4S/c1-23(2)25-10-12-26(13-11-25)38-22-29-28-15-18-39-30(28)14-16-34(29)32(36)21-33(20-27-9-6-17-37-27)31(35)19-24-7-4-3-5-8-24/h3-5,7-8,10-13,15,18,23,27,29H,6,9,14,16-17,19-22H2,1-2H3/t27-,29+/m1/s1. The fourth-order valence-corrected chi connectivity index (χ4v) is 6.35. The Kier molecular flexibility index (Phi) is 8.99. The second-order valence-electron chi connectivity index (χ2n) is 10.8. The van der Waals surface area contributed by atoms with Crippen LogP contribution in [0.3, 0.4) is 0 Å². The number of nitrogens with zero attached hydrogens (tertiary/aromatic N) is 2. The molecule has 0 aliphatic carbocycles. The van der Waals surface area contributed by atoms with Gasteiger partial charge in [-0.05, 0) is 65.4 Å². The van der Waals surface area contributed by atoms with Crippen molar-refractivity contribution in [1.82, 2.24) is 9.80 Å². The van der Waals surface area contributed by atoms with Gasteiger partial charge < -0.3 is 19.3 Å². The van der Waals surface area contributed by atoms with Gasteiger partial charge in [-0.3, -0.25) is 9.59 Å². The minimum absolute atomic E-state index is 0.0182. The lowest BCUT2D eigenvalue weighted by atomic mass is 10.00. The molecule has 0 N–H and O–H groups in total. The molecule has 0 bridgehead atoms. The van der Waals surface area contributed by atoms with Crippen molar-refractivity contribution < 1.29 is 19.1 Å². The number of amides is 2. The highest BCUT2D eigenvalue weighted by atomic mass is 32.1. The number of carbonyl (C=O) groups excluding carboxylic acids is 2. The Labute approximate surface area is 235 Å². The molecule has 0 radical (unpaired) electrons. The van der Waals surface area contributed by atoms with Crippen LogP contribution < -0.4 is 4.74 Å². The molecule has 1 saturated heterocycles. The maximum absolute atomic E-state index is 13.9. The average Bonchev–Trinajstić information content (AvgIpc) is 3.64. The van der Waals surface area contributed by atoms with Crippen LogP contribution in [0.15, 0.2) is 66.0 Å². The van der Waals surface area contributed by atoms with E-state index >= 15 is 0 Å². The van der Waals surface area contributed by atoms with E-state index in [1.165, 1.54) is 10.4 Å². The number of hydrogen-bond donors (Lipinski definition) is 0. The number of benzene rings is 2. The van der Waals surface area contributed by atoms with E-state index < -0.39 is 0 Å². The first-order valence-corrected chi connectivity index (χ1v) is 14.9. The smallest absolute Gasteiger partial charge is 0.242 e. The van der Waals surface area contributed by atoms with Crippen molar-refractivity contribution in [3.05, 3.63) is 87.6 Å². The summed E-state index contributed by atoms with van der Waals surface area (Å²) >= 11 is 1.74. The highest BCUT2D eigenvalue weighted by Crippen LogP contribution is 2.34. The van der Waals surface area contributed by atoms with Gasteiger partial charge in [-0.25, -0.2) is 0 Å². The molecule has 39 heavy (non-hydrogen) atoms. The molecule has 2 aromatic carbocycles. The quantitative estimate of drug-likeness (QED) is 0.331. The van der Waals surface area contributed by atoms with Crippen LogP contribution in [-0.4, -0.2) is 60.6 Å². The van der Waals surface area contributed by atoms with Gasteiger partial charge in [0.25, 0.3) is 0 Å². The van der Waals surface area contributed by atoms with Crippen LogP contribution in [0.2, 0.25) is 0 Å². The average molecular weight is 547 g/mol. The van der Waals surface area contributed by atoms with E-state index in [1.54, 1.807) is 16.2 Å². The lowest BCUT2D eigenvalue weighted by molar-refractivity contribution is -0.143. The van der Waals surface area contributed by atoms with Crippen LogP contribution >= 0.6 is 11.3 Å². The summed E-state index contributed by atoms with van der Waals surface area (Å²) in [5.74, 6) is 1.17. The first-order valence-electron chi connectivity index (χ1n) is 14.0. The van der Waals surface area contributed by atoms with Crippen molar-refractivity contribution in [2.24, 2.45) is 0 Å². The Morgan fingerprint density at radius 3 is 2.62 bits per heavy atom. The van der Waals surface area contributed by atoms with Crippen LogP contribution in [0, 0.1) is 0 Å². The van der Waals surface area contributed by atoms with Crippen LogP contribution in [-0.2, 0) is 27.2 Å². The van der Waals surface area contributed by atoms with E-state index in [1.807, 2.05) is 47.4 Å². The van der Waals surface area contributed by atoms with Gasteiger partial charge in [0.15, 0.2) is 0 Å². The van der Waals surface area contributed by atoms with Gasteiger partial charge >= 0.3 is 0 Å². The van der Waals surface area contributed by atoms with Gasteiger partial charge in [0, 0.05) is 24.6 Å². The van der Waals surface area contributed by atoms with Crippen LogP contribution in [0.5, 0.6) is 5.75 Å². The molecule has 2 atom stereocenters. The third-order valence-electron chi connectivity index (χ3n) is 7.69. The van der Waals surface area contributed by atoms with Crippen molar-refractivity contribution >= 4 is 23.2 Å². The van der Waals surface area contributed by atoms with Gasteiger partial charge in [-0.1, -0.05) is 56.3 Å². The lowest BCUT2D eigenvalue weighted by Crippen LogP contribution is -2.49. The predicted molar refractivity (Wildman–Crippen MR) is 154 cm³/mol. The normalized spacial score (nSPS) is 18.7. The molecule has 0 saturated carbocycles. The Hall–Kier alpha value is -3.16. The second kappa shape index (κ2) is 12.8. The summed E-state index contributed by atoms with van der Waals surface area (Å²) < 4.78 is 12.1. The highest BCUT2D eigenvalue weighted by molar-refractivity contribution is 7.10. The first kappa shape index (κ1) is 27.4. The van der Waals surface area contributed by atoms with Crippen molar-refractivity contribution in [2.45, 2.75) is 57.6 Å². The SMILES string of the molecule is CC(C)c1ccc(OC[C@H]2c3ccsc3CCN2C(=O)CN(C[C@H]2CCCO2)C(=O)Cc2ccccc2)cc1. The predicted octanol–water partition coefficient (Wildman–Crippen LogP) is 5.63. The van der Waals surface area contributed by atoms with Crippen LogP contribution in [0.4, 0.5) is 0 Å². The zero-order valence-corrected chi connectivity index (χ0v) is 23.7. The molecule has 6 nitrogen and oxygen atoms in total. The fraction of sp³-hybridized carbons (Fsp3) is 0.438. The largest absolute Gasteiger partial charge is 0.491 e. The molecular formula is C32H38N2O4S. The summed E-state index contributed by atoms with van der Waals surface area (Å²) in [5, 5.41) is 2.09. The maximum Gasteiger partial charge on any atom is 0.242 e.